The molecule has 1 N–H and O–H groups in total. The number of aromatic nitrogens is 3. The van der Waals surface area contributed by atoms with Crippen LogP contribution < -0.4 is 5.32 Å². The summed E-state index contributed by atoms with van der Waals surface area (Å²) in [4.78, 5) is 19.9. The molecule has 0 radical (unpaired) electrons. The quantitative estimate of drug-likeness (QED) is 0.618. The Bertz CT molecular complexity index is 1390. The molecule has 2 aromatic heterocycles. The zero-order chi connectivity index (χ0) is 23.3. The van der Waals surface area contributed by atoms with Gasteiger partial charge in [-0.05, 0) is 56.5 Å². The van der Waals surface area contributed by atoms with Crippen LogP contribution in [-0.4, -0.2) is 53.4 Å². The highest BCUT2D eigenvalue weighted by atomic mass is 32.2. The van der Waals surface area contributed by atoms with Gasteiger partial charge in [0.1, 0.15) is 5.84 Å². The molecule has 9 nitrogen and oxygen atoms in total. The molecule has 33 heavy (non-hydrogen) atoms. The van der Waals surface area contributed by atoms with Crippen LogP contribution in [0.2, 0.25) is 0 Å². The molecule has 0 atom stereocenters. The molecule has 5 rings (SSSR count). The van der Waals surface area contributed by atoms with Gasteiger partial charge in [0.2, 0.25) is 0 Å². The molecular weight excluding hydrogens is 440 g/mol. The molecule has 0 unspecified atom stereocenters. The monoisotopic (exact) mass is 466 g/mol. The van der Waals surface area contributed by atoms with E-state index < -0.39 is 10.0 Å². The van der Waals surface area contributed by atoms with Crippen molar-refractivity contribution in [2.75, 3.05) is 18.9 Å². The van der Waals surface area contributed by atoms with Crippen LogP contribution in [-0.2, 0) is 17.1 Å². The third kappa shape index (κ3) is 4.10. The van der Waals surface area contributed by atoms with Crippen molar-refractivity contribution in [3.05, 3.63) is 47.3 Å². The molecule has 1 amide bonds. The van der Waals surface area contributed by atoms with Gasteiger partial charge in [0.15, 0.2) is 5.65 Å². The van der Waals surface area contributed by atoms with E-state index in [0.717, 1.165) is 42.6 Å². The second-order valence-corrected chi connectivity index (χ2v) is 10.4. The van der Waals surface area contributed by atoms with E-state index in [9.17, 15) is 13.2 Å². The minimum absolute atomic E-state index is 0.0960. The van der Waals surface area contributed by atoms with Crippen LogP contribution in [0.5, 0.6) is 0 Å². The van der Waals surface area contributed by atoms with Crippen molar-refractivity contribution in [3.8, 4) is 0 Å². The smallest absolute Gasteiger partial charge is 0.283 e. The Kier molecular flexibility index (Phi) is 5.19. The van der Waals surface area contributed by atoms with Crippen LogP contribution in [0, 0.1) is 6.92 Å². The Labute approximate surface area is 192 Å². The SMILES string of the molecule is Cc1nn(C)c2nc(C3CC3)cc(C(=O)Nc3ccc(S(=O)(=O)/N=C4\CCCN4C)cc3)c12. The van der Waals surface area contributed by atoms with Crippen LogP contribution in [0.25, 0.3) is 11.0 Å². The molecule has 3 heterocycles. The lowest BCUT2D eigenvalue weighted by Gasteiger charge is -2.11. The van der Waals surface area contributed by atoms with E-state index in [0.29, 0.717) is 35.1 Å². The first-order valence-corrected chi connectivity index (χ1v) is 12.5. The summed E-state index contributed by atoms with van der Waals surface area (Å²) < 4.78 is 31.0. The number of pyridine rings is 1. The van der Waals surface area contributed by atoms with Gasteiger partial charge in [-0.1, -0.05) is 0 Å². The fourth-order valence-corrected chi connectivity index (χ4v) is 5.33. The van der Waals surface area contributed by atoms with Crippen LogP contribution in [0.15, 0.2) is 39.6 Å². The number of benzene rings is 1. The van der Waals surface area contributed by atoms with Crippen molar-refractivity contribution in [1.82, 2.24) is 19.7 Å². The van der Waals surface area contributed by atoms with Crippen molar-refractivity contribution < 1.29 is 13.2 Å². The summed E-state index contributed by atoms with van der Waals surface area (Å²) >= 11 is 0. The van der Waals surface area contributed by atoms with Gasteiger partial charge < -0.3 is 10.2 Å². The summed E-state index contributed by atoms with van der Waals surface area (Å²) in [6.45, 7) is 2.67. The Balaban J connectivity index is 1.41. The van der Waals surface area contributed by atoms with Crippen molar-refractivity contribution in [1.29, 1.82) is 0 Å². The van der Waals surface area contributed by atoms with Crippen LogP contribution in [0.4, 0.5) is 5.69 Å². The number of amides is 1. The Morgan fingerprint density at radius 2 is 1.91 bits per heavy atom. The van der Waals surface area contributed by atoms with Crippen molar-refractivity contribution in [2.45, 2.75) is 43.4 Å². The lowest BCUT2D eigenvalue weighted by atomic mass is 10.1. The van der Waals surface area contributed by atoms with Gasteiger partial charge in [0.25, 0.3) is 15.9 Å². The molecule has 0 bridgehead atoms. The molecule has 1 saturated heterocycles. The summed E-state index contributed by atoms with van der Waals surface area (Å²) in [5, 5.41) is 8.06. The molecule has 3 aromatic rings. The van der Waals surface area contributed by atoms with Gasteiger partial charge in [-0.15, -0.1) is 4.40 Å². The third-order valence-corrected chi connectivity index (χ3v) is 7.52. The van der Waals surface area contributed by atoms with Crippen molar-refractivity contribution >= 4 is 38.5 Å². The van der Waals surface area contributed by atoms with E-state index in [1.54, 1.807) is 16.8 Å². The molecule has 1 aromatic carbocycles. The van der Waals surface area contributed by atoms with Crippen LogP contribution >= 0.6 is 0 Å². The molecule has 0 spiro atoms. The molecule has 2 aliphatic rings. The molecule has 1 saturated carbocycles. The van der Waals surface area contributed by atoms with Gasteiger partial charge in [-0.2, -0.15) is 13.5 Å². The molecule has 10 heteroatoms. The van der Waals surface area contributed by atoms with Crippen molar-refractivity contribution in [3.63, 3.8) is 0 Å². The number of nitrogens with zero attached hydrogens (tertiary/aromatic N) is 5. The minimum atomic E-state index is -3.80. The zero-order valence-corrected chi connectivity index (χ0v) is 19.7. The number of carbonyl (C=O) groups excluding carboxylic acids is 1. The number of hydrogen-bond acceptors (Lipinski definition) is 5. The van der Waals surface area contributed by atoms with E-state index in [4.69, 9.17) is 4.98 Å². The van der Waals surface area contributed by atoms with Gasteiger partial charge >= 0.3 is 0 Å². The largest absolute Gasteiger partial charge is 0.362 e. The fourth-order valence-electron chi connectivity index (χ4n) is 4.24. The van der Waals surface area contributed by atoms with E-state index in [1.807, 2.05) is 32.0 Å². The standard InChI is InChI=1S/C23H26N6O3S/c1-14-21-18(13-19(15-6-7-15)25-22(21)29(3)26-14)23(30)24-16-8-10-17(11-9-16)33(31,32)27-20-5-4-12-28(20)2/h8-11,13,15H,4-7,12H2,1-3H3,(H,24,30)/b27-20+. The number of hydrogen-bond donors (Lipinski definition) is 1. The number of rotatable bonds is 5. The number of sulfonamides is 1. The fraction of sp³-hybridized carbons (Fsp3) is 0.391. The van der Waals surface area contributed by atoms with E-state index >= 15 is 0 Å². The van der Waals surface area contributed by atoms with Gasteiger partial charge in [0.05, 0.1) is 21.5 Å². The second-order valence-electron chi connectivity index (χ2n) is 8.76. The van der Waals surface area contributed by atoms with Gasteiger partial charge in [-0.25, -0.2) is 4.98 Å². The highest BCUT2D eigenvalue weighted by Crippen LogP contribution is 2.40. The highest BCUT2D eigenvalue weighted by molar-refractivity contribution is 7.90. The topological polar surface area (TPSA) is 110 Å². The summed E-state index contributed by atoms with van der Waals surface area (Å²) in [6, 6.07) is 7.96. The minimum Gasteiger partial charge on any atom is -0.362 e. The summed E-state index contributed by atoms with van der Waals surface area (Å²) in [5.41, 5.74) is 3.38. The summed E-state index contributed by atoms with van der Waals surface area (Å²) in [5.74, 6) is 0.692. The number of carbonyl (C=O) groups is 1. The Morgan fingerprint density at radius 1 is 1.18 bits per heavy atom. The third-order valence-electron chi connectivity index (χ3n) is 6.20. The zero-order valence-electron chi connectivity index (χ0n) is 18.9. The first kappa shape index (κ1) is 21.6. The Hall–Kier alpha value is -3.27. The average Bonchev–Trinajstić information content (AvgIpc) is 3.50. The number of likely N-dealkylation sites (tertiary alicyclic amines) is 1. The number of anilines is 1. The van der Waals surface area contributed by atoms with Crippen molar-refractivity contribution in [2.24, 2.45) is 11.4 Å². The Morgan fingerprint density at radius 3 is 2.55 bits per heavy atom. The molecule has 1 aliphatic heterocycles. The van der Waals surface area contributed by atoms with E-state index in [1.165, 1.54) is 12.1 Å². The normalized spacial score (nSPS) is 17.8. The number of fused-ring (bicyclic) bond motifs is 1. The lowest BCUT2D eigenvalue weighted by Crippen LogP contribution is -2.20. The molecule has 1 aliphatic carbocycles. The molecule has 172 valence electrons. The maximum Gasteiger partial charge on any atom is 0.283 e. The lowest BCUT2D eigenvalue weighted by molar-refractivity contribution is 0.102. The van der Waals surface area contributed by atoms with Crippen LogP contribution in [0.1, 0.15) is 53.3 Å². The number of aryl methyl sites for hydroxylation is 2. The molecule has 2 fully saturated rings. The number of amidine groups is 1. The number of nitrogens with one attached hydrogen (secondary N) is 1. The average molecular weight is 467 g/mol. The summed E-state index contributed by atoms with van der Waals surface area (Å²) in [6.07, 6.45) is 3.70. The maximum atomic E-state index is 13.2. The highest BCUT2D eigenvalue weighted by Gasteiger charge is 2.28. The molecular formula is C23H26N6O3S. The first-order chi connectivity index (χ1) is 15.7. The first-order valence-electron chi connectivity index (χ1n) is 11.0. The predicted octanol–water partition coefficient (Wildman–Crippen LogP) is 3.22. The summed E-state index contributed by atoms with van der Waals surface area (Å²) in [7, 11) is -0.132. The van der Waals surface area contributed by atoms with Gasteiger partial charge in [-0.3, -0.25) is 9.48 Å². The predicted molar refractivity (Wildman–Crippen MR) is 126 cm³/mol. The second kappa shape index (κ2) is 7.95. The van der Waals surface area contributed by atoms with E-state index in [-0.39, 0.29) is 10.8 Å². The maximum absolute atomic E-state index is 13.2. The van der Waals surface area contributed by atoms with E-state index in [2.05, 4.69) is 14.8 Å². The van der Waals surface area contributed by atoms with Crippen LogP contribution in [0.3, 0.4) is 0 Å². The van der Waals surface area contributed by atoms with Gasteiger partial charge in [0, 0.05) is 44.4 Å².